The third-order valence-corrected chi connectivity index (χ3v) is 4.46. The fourth-order valence-corrected chi connectivity index (χ4v) is 2.97. The van der Waals surface area contributed by atoms with Gasteiger partial charge in [0.2, 0.25) is 0 Å². The molecule has 0 saturated carbocycles. The summed E-state index contributed by atoms with van der Waals surface area (Å²) >= 11 is 0. The van der Waals surface area contributed by atoms with Gasteiger partial charge in [-0.05, 0) is 43.6 Å². The van der Waals surface area contributed by atoms with Crippen LogP contribution in [0.25, 0.3) is 5.69 Å². The van der Waals surface area contributed by atoms with E-state index in [9.17, 15) is 9.18 Å². The highest BCUT2D eigenvalue weighted by atomic mass is 35.5. The second-order valence-corrected chi connectivity index (χ2v) is 5.89. The van der Waals surface area contributed by atoms with Gasteiger partial charge in [0.1, 0.15) is 11.4 Å². The number of nitrogens with one attached hydrogen (secondary N) is 2. The SMILES string of the molecule is COC1(C(=O)NCc2ccc(-n3ccnc3)c(F)c2)CCNCC1.Cl.Cl. The lowest BCUT2D eigenvalue weighted by Gasteiger charge is -2.34. The van der Waals surface area contributed by atoms with Crippen molar-refractivity contribution in [2.45, 2.75) is 25.0 Å². The van der Waals surface area contributed by atoms with Gasteiger partial charge in [-0.25, -0.2) is 9.37 Å². The first kappa shape index (κ1) is 22.4. The number of hydrogen-bond acceptors (Lipinski definition) is 4. The molecule has 0 spiro atoms. The van der Waals surface area contributed by atoms with E-state index in [-0.39, 0.29) is 43.1 Å². The number of methoxy groups -OCH3 is 1. The Labute approximate surface area is 164 Å². The van der Waals surface area contributed by atoms with Crippen LogP contribution in [0, 0.1) is 5.82 Å². The number of carbonyl (C=O) groups is 1. The number of carbonyl (C=O) groups excluding carboxylic acids is 1. The van der Waals surface area contributed by atoms with E-state index in [0.717, 1.165) is 13.1 Å². The number of ether oxygens (including phenoxy) is 1. The second kappa shape index (κ2) is 9.87. The van der Waals surface area contributed by atoms with Crippen LogP contribution in [0.4, 0.5) is 4.39 Å². The topological polar surface area (TPSA) is 68.2 Å². The van der Waals surface area contributed by atoms with E-state index in [1.54, 1.807) is 42.5 Å². The molecule has 26 heavy (non-hydrogen) atoms. The minimum absolute atomic E-state index is 0. The average molecular weight is 405 g/mol. The molecule has 9 heteroatoms. The van der Waals surface area contributed by atoms with Gasteiger partial charge in [-0.15, -0.1) is 24.8 Å². The molecule has 1 aliphatic rings. The van der Waals surface area contributed by atoms with Crippen LogP contribution in [0.5, 0.6) is 0 Å². The van der Waals surface area contributed by atoms with E-state index in [0.29, 0.717) is 24.1 Å². The van der Waals surface area contributed by atoms with Crippen molar-refractivity contribution >= 4 is 30.7 Å². The van der Waals surface area contributed by atoms with Crippen LogP contribution >= 0.6 is 24.8 Å². The Morgan fingerprint density at radius 1 is 1.38 bits per heavy atom. The molecule has 0 radical (unpaired) electrons. The summed E-state index contributed by atoms with van der Waals surface area (Å²) in [5.41, 5.74) is 0.333. The Bertz CT molecular complexity index is 707. The van der Waals surface area contributed by atoms with Crippen molar-refractivity contribution in [3.63, 3.8) is 0 Å². The fraction of sp³-hybridized carbons (Fsp3) is 0.412. The molecule has 144 valence electrons. The van der Waals surface area contributed by atoms with Crippen molar-refractivity contribution in [2.75, 3.05) is 20.2 Å². The summed E-state index contributed by atoms with van der Waals surface area (Å²) in [6.07, 6.45) is 6.07. The Morgan fingerprint density at radius 3 is 2.69 bits per heavy atom. The second-order valence-electron chi connectivity index (χ2n) is 5.89. The fourth-order valence-electron chi connectivity index (χ4n) is 2.97. The van der Waals surface area contributed by atoms with Gasteiger partial charge in [-0.2, -0.15) is 0 Å². The zero-order valence-corrected chi connectivity index (χ0v) is 16.0. The molecule has 1 fully saturated rings. The van der Waals surface area contributed by atoms with Gasteiger partial charge < -0.3 is 19.9 Å². The number of halogens is 3. The van der Waals surface area contributed by atoms with E-state index < -0.39 is 5.60 Å². The van der Waals surface area contributed by atoms with Gasteiger partial charge in [-0.3, -0.25) is 4.79 Å². The zero-order valence-electron chi connectivity index (χ0n) is 14.4. The maximum absolute atomic E-state index is 14.2. The molecule has 0 atom stereocenters. The minimum atomic E-state index is -0.791. The molecule has 1 aromatic heterocycles. The highest BCUT2D eigenvalue weighted by molar-refractivity contribution is 5.86. The summed E-state index contributed by atoms with van der Waals surface area (Å²) in [6.45, 7) is 1.75. The van der Waals surface area contributed by atoms with Crippen LogP contribution in [-0.2, 0) is 16.1 Å². The molecule has 0 unspecified atom stereocenters. The summed E-state index contributed by atoms with van der Waals surface area (Å²) in [4.78, 5) is 16.4. The van der Waals surface area contributed by atoms with Crippen molar-refractivity contribution in [1.82, 2.24) is 20.2 Å². The number of piperidine rings is 1. The predicted octanol–water partition coefficient (Wildman–Crippen LogP) is 2.24. The van der Waals surface area contributed by atoms with Crippen LogP contribution in [0.15, 0.2) is 36.9 Å². The lowest BCUT2D eigenvalue weighted by Crippen LogP contribution is -2.53. The standard InChI is InChI=1S/C17H21FN4O2.2ClH/c1-24-17(4-6-19-7-5-17)16(23)21-11-13-2-3-15(14(18)10-13)22-9-8-20-12-22;;/h2-3,8-10,12,19H,4-7,11H2,1H3,(H,21,23);2*1H. The Kier molecular flexibility index (Phi) is 8.49. The molecule has 1 aliphatic heterocycles. The van der Waals surface area contributed by atoms with Gasteiger partial charge in [0.25, 0.3) is 5.91 Å². The van der Waals surface area contributed by atoms with E-state index in [1.807, 2.05) is 0 Å². The average Bonchev–Trinajstić information content (AvgIpc) is 3.14. The van der Waals surface area contributed by atoms with Gasteiger partial charge in [0, 0.05) is 26.0 Å². The number of amides is 1. The molecule has 1 saturated heterocycles. The normalized spacial score (nSPS) is 15.5. The third-order valence-electron chi connectivity index (χ3n) is 4.46. The molecule has 1 aromatic carbocycles. The summed E-state index contributed by atoms with van der Waals surface area (Å²) in [5, 5.41) is 6.08. The molecule has 6 nitrogen and oxygen atoms in total. The van der Waals surface area contributed by atoms with Crippen LogP contribution in [0.2, 0.25) is 0 Å². The first-order valence-corrected chi connectivity index (χ1v) is 7.95. The molecule has 0 aliphatic carbocycles. The van der Waals surface area contributed by atoms with Crippen molar-refractivity contribution in [2.24, 2.45) is 0 Å². The van der Waals surface area contributed by atoms with Gasteiger partial charge >= 0.3 is 0 Å². The largest absolute Gasteiger partial charge is 0.368 e. The summed E-state index contributed by atoms with van der Waals surface area (Å²) in [7, 11) is 1.56. The van der Waals surface area contributed by atoms with Crippen molar-refractivity contribution in [3.05, 3.63) is 48.3 Å². The Balaban J connectivity index is 0.00000169. The molecule has 2 aromatic rings. The van der Waals surface area contributed by atoms with Crippen LogP contribution in [0.1, 0.15) is 18.4 Å². The maximum atomic E-state index is 14.2. The van der Waals surface area contributed by atoms with Gasteiger partial charge in [0.05, 0.1) is 12.0 Å². The van der Waals surface area contributed by atoms with Gasteiger partial charge in [-0.1, -0.05) is 6.07 Å². The highest BCUT2D eigenvalue weighted by Gasteiger charge is 2.39. The molecule has 0 bridgehead atoms. The molecule has 2 N–H and O–H groups in total. The van der Waals surface area contributed by atoms with E-state index in [1.165, 1.54) is 6.07 Å². The number of nitrogens with zero attached hydrogens (tertiary/aromatic N) is 2. The quantitative estimate of drug-likeness (QED) is 0.801. The van der Waals surface area contributed by atoms with Crippen LogP contribution in [0.3, 0.4) is 0 Å². The lowest BCUT2D eigenvalue weighted by molar-refractivity contribution is -0.146. The lowest BCUT2D eigenvalue weighted by atomic mass is 9.91. The van der Waals surface area contributed by atoms with E-state index >= 15 is 0 Å². The van der Waals surface area contributed by atoms with E-state index in [2.05, 4.69) is 15.6 Å². The maximum Gasteiger partial charge on any atom is 0.252 e. The number of aromatic nitrogens is 2. The van der Waals surface area contributed by atoms with Gasteiger partial charge in [0.15, 0.2) is 0 Å². The molecule has 1 amide bonds. The first-order chi connectivity index (χ1) is 11.6. The van der Waals surface area contributed by atoms with E-state index in [4.69, 9.17) is 4.74 Å². The highest BCUT2D eigenvalue weighted by Crippen LogP contribution is 2.23. The zero-order chi connectivity index (χ0) is 17.0. The Morgan fingerprint density at radius 2 is 2.12 bits per heavy atom. The third kappa shape index (κ3) is 4.73. The summed E-state index contributed by atoms with van der Waals surface area (Å²) in [6, 6.07) is 4.90. The van der Waals surface area contributed by atoms with Crippen LogP contribution < -0.4 is 10.6 Å². The number of rotatable bonds is 5. The van der Waals surface area contributed by atoms with Crippen molar-refractivity contribution in [1.29, 1.82) is 0 Å². The van der Waals surface area contributed by atoms with Crippen molar-refractivity contribution < 1.29 is 13.9 Å². The summed E-state index contributed by atoms with van der Waals surface area (Å²) < 4.78 is 21.3. The molecular formula is C17H23Cl2FN4O2. The Hall–Kier alpha value is -1.67. The molecule has 2 heterocycles. The molecule has 3 rings (SSSR count). The number of benzene rings is 1. The van der Waals surface area contributed by atoms with Crippen molar-refractivity contribution in [3.8, 4) is 5.69 Å². The number of imidazole rings is 1. The monoisotopic (exact) mass is 404 g/mol. The molecular weight excluding hydrogens is 382 g/mol. The minimum Gasteiger partial charge on any atom is -0.368 e. The van der Waals surface area contributed by atoms with Crippen LogP contribution in [-0.4, -0.2) is 41.3 Å². The summed E-state index contributed by atoms with van der Waals surface area (Å²) in [5.74, 6) is -0.506. The predicted molar refractivity (Wildman–Crippen MR) is 102 cm³/mol. The smallest absolute Gasteiger partial charge is 0.252 e. The first-order valence-electron chi connectivity index (χ1n) is 7.95. The number of hydrogen-bond donors (Lipinski definition) is 2.